The van der Waals surface area contributed by atoms with Crippen LogP contribution in [-0.4, -0.2) is 18.4 Å². The summed E-state index contributed by atoms with van der Waals surface area (Å²) in [5.74, 6) is -0.587. The fourth-order valence-corrected chi connectivity index (χ4v) is 2.74. The molecule has 0 fully saturated rings. The number of halogens is 2. The molecule has 0 radical (unpaired) electrons. The molecule has 4 nitrogen and oxygen atoms in total. The van der Waals surface area contributed by atoms with Crippen LogP contribution in [0.2, 0.25) is 10.0 Å². The maximum atomic E-state index is 12.3. The van der Waals surface area contributed by atoms with Gasteiger partial charge >= 0.3 is 0 Å². The van der Waals surface area contributed by atoms with Crippen LogP contribution >= 0.6 is 23.2 Å². The molecule has 126 valence electrons. The number of hydrogen-bond donors (Lipinski definition) is 1. The van der Waals surface area contributed by atoms with Crippen LogP contribution < -0.4 is 10.2 Å². The van der Waals surface area contributed by atoms with E-state index in [2.05, 4.69) is 12.2 Å². The van der Waals surface area contributed by atoms with Gasteiger partial charge in [-0.1, -0.05) is 42.3 Å². The molecule has 0 spiro atoms. The number of anilines is 2. The molecule has 0 saturated heterocycles. The SMILES string of the molecule is CCc1ccc(NC(=O)CN(C(C)=O)c2ccc(Cl)cc2Cl)cc1. The lowest BCUT2D eigenvalue weighted by atomic mass is 10.1. The van der Waals surface area contributed by atoms with E-state index in [4.69, 9.17) is 23.2 Å². The Morgan fingerprint density at radius 3 is 2.29 bits per heavy atom. The minimum absolute atomic E-state index is 0.133. The molecule has 0 aromatic heterocycles. The molecule has 0 bridgehead atoms. The third-order valence-electron chi connectivity index (χ3n) is 3.53. The van der Waals surface area contributed by atoms with Crippen molar-refractivity contribution in [1.29, 1.82) is 0 Å². The second kappa shape index (κ2) is 8.18. The first-order valence-corrected chi connectivity index (χ1v) is 8.28. The summed E-state index contributed by atoms with van der Waals surface area (Å²) in [6, 6.07) is 12.4. The topological polar surface area (TPSA) is 49.4 Å². The highest BCUT2D eigenvalue weighted by atomic mass is 35.5. The molecule has 2 aromatic carbocycles. The van der Waals surface area contributed by atoms with Crippen molar-refractivity contribution in [3.63, 3.8) is 0 Å². The molecule has 0 atom stereocenters. The first kappa shape index (κ1) is 18.3. The van der Waals surface area contributed by atoms with E-state index in [-0.39, 0.29) is 18.4 Å². The number of carbonyl (C=O) groups is 2. The summed E-state index contributed by atoms with van der Waals surface area (Å²) in [4.78, 5) is 25.5. The Morgan fingerprint density at radius 1 is 1.08 bits per heavy atom. The van der Waals surface area contributed by atoms with Crippen molar-refractivity contribution in [2.45, 2.75) is 20.3 Å². The van der Waals surface area contributed by atoms with Gasteiger partial charge in [-0.15, -0.1) is 0 Å². The predicted octanol–water partition coefficient (Wildman–Crippen LogP) is 4.55. The van der Waals surface area contributed by atoms with Gasteiger partial charge in [-0.05, 0) is 42.3 Å². The van der Waals surface area contributed by atoms with Crippen molar-refractivity contribution in [2.75, 3.05) is 16.8 Å². The third-order valence-corrected chi connectivity index (χ3v) is 4.07. The Labute approximate surface area is 151 Å². The van der Waals surface area contributed by atoms with Crippen molar-refractivity contribution in [3.8, 4) is 0 Å². The van der Waals surface area contributed by atoms with Crippen molar-refractivity contribution in [1.82, 2.24) is 0 Å². The molecule has 0 unspecified atom stereocenters. The maximum Gasteiger partial charge on any atom is 0.244 e. The van der Waals surface area contributed by atoms with Crippen molar-refractivity contribution in [2.24, 2.45) is 0 Å². The van der Waals surface area contributed by atoms with Gasteiger partial charge in [0.25, 0.3) is 0 Å². The lowest BCUT2D eigenvalue weighted by Crippen LogP contribution is -2.36. The smallest absolute Gasteiger partial charge is 0.244 e. The van der Waals surface area contributed by atoms with Crippen LogP contribution in [0, 0.1) is 0 Å². The summed E-state index contributed by atoms with van der Waals surface area (Å²) in [5.41, 5.74) is 2.32. The molecule has 2 rings (SSSR count). The Morgan fingerprint density at radius 2 is 1.75 bits per heavy atom. The highest BCUT2D eigenvalue weighted by Gasteiger charge is 2.18. The molecule has 0 heterocycles. The van der Waals surface area contributed by atoms with Crippen LogP contribution in [0.3, 0.4) is 0 Å². The predicted molar refractivity (Wildman–Crippen MR) is 98.9 cm³/mol. The van der Waals surface area contributed by atoms with Gasteiger partial charge in [0.1, 0.15) is 6.54 Å². The molecule has 2 amide bonds. The highest BCUT2D eigenvalue weighted by molar-refractivity contribution is 6.36. The van der Waals surface area contributed by atoms with E-state index >= 15 is 0 Å². The molecule has 0 aliphatic rings. The minimum Gasteiger partial charge on any atom is -0.325 e. The summed E-state index contributed by atoms with van der Waals surface area (Å²) in [6.07, 6.45) is 0.932. The Balaban J connectivity index is 2.12. The summed E-state index contributed by atoms with van der Waals surface area (Å²) in [5, 5.41) is 3.56. The van der Waals surface area contributed by atoms with Gasteiger partial charge in [0.15, 0.2) is 0 Å². The molecular formula is C18H18Cl2N2O2. The van der Waals surface area contributed by atoms with Gasteiger partial charge in [-0.3, -0.25) is 9.59 Å². The van der Waals surface area contributed by atoms with Gasteiger partial charge in [0.05, 0.1) is 10.7 Å². The molecule has 0 saturated carbocycles. The van der Waals surface area contributed by atoms with E-state index in [0.717, 1.165) is 6.42 Å². The van der Waals surface area contributed by atoms with Crippen LogP contribution in [0.5, 0.6) is 0 Å². The number of nitrogens with zero attached hydrogens (tertiary/aromatic N) is 1. The minimum atomic E-state index is -0.305. The molecule has 6 heteroatoms. The normalized spacial score (nSPS) is 10.3. The lowest BCUT2D eigenvalue weighted by molar-refractivity contribution is -0.120. The first-order valence-electron chi connectivity index (χ1n) is 7.52. The van der Waals surface area contributed by atoms with Crippen LogP contribution in [-0.2, 0) is 16.0 Å². The van der Waals surface area contributed by atoms with Crippen LogP contribution in [0.25, 0.3) is 0 Å². The van der Waals surface area contributed by atoms with E-state index in [1.54, 1.807) is 12.1 Å². The van der Waals surface area contributed by atoms with Gasteiger partial charge in [-0.2, -0.15) is 0 Å². The fourth-order valence-electron chi connectivity index (χ4n) is 2.23. The molecule has 0 aliphatic heterocycles. The number of aryl methyl sites for hydroxylation is 1. The average molecular weight is 365 g/mol. The van der Waals surface area contributed by atoms with Crippen LogP contribution in [0.4, 0.5) is 11.4 Å². The number of carbonyl (C=O) groups excluding carboxylic acids is 2. The van der Waals surface area contributed by atoms with Gasteiger partial charge < -0.3 is 10.2 Å². The fraction of sp³-hybridized carbons (Fsp3) is 0.222. The largest absolute Gasteiger partial charge is 0.325 e. The molecular weight excluding hydrogens is 347 g/mol. The van der Waals surface area contributed by atoms with Crippen molar-refractivity contribution >= 4 is 46.4 Å². The number of nitrogens with one attached hydrogen (secondary N) is 1. The van der Waals surface area contributed by atoms with Crippen LogP contribution in [0.1, 0.15) is 19.4 Å². The zero-order valence-corrected chi connectivity index (χ0v) is 15.0. The van der Waals surface area contributed by atoms with Crippen LogP contribution in [0.15, 0.2) is 42.5 Å². The maximum absolute atomic E-state index is 12.3. The standard InChI is InChI=1S/C18H18Cl2N2O2/c1-3-13-4-7-15(8-5-13)21-18(24)11-22(12(2)23)17-9-6-14(19)10-16(17)20/h4-10H,3,11H2,1-2H3,(H,21,24). The summed E-state index contributed by atoms with van der Waals surface area (Å²) >= 11 is 12.0. The Hall–Kier alpha value is -2.04. The van der Waals surface area contributed by atoms with E-state index in [1.807, 2.05) is 24.3 Å². The van der Waals surface area contributed by atoms with Gasteiger partial charge in [0, 0.05) is 17.6 Å². The molecule has 24 heavy (non-hydrogen) atoms. The number of rotatable bonds is 5. The van der Waals surface area contributed by atoms with E-state index in [0.29, 0.717) is 21.4 Å². The number of hydrogen-bond acceptors (Lipinski definition) is 2. The monoisotopic (exact) mass is 364 g/mol. The number of amides is 2. The van der Waals surface area contributed by atoms with Gasteiger partial charge in [-0.25, -0.2) is 0 Å². The lowest BCUT2D eigenvalue weighted by Gasteiger charge is -2.22. The average Bonchev–Trinajstić information content (AvgIpc) is 2.54. The highest BCUT2D eigenvalue weighted by Crippen LogP contribution is 2.29. The summed E-state index contributed by atoms with van der Waals surface area (Å²) in [6.45, 7) is 3.31. The summed E-state index contributed by atoms with van der Waals surface area (Å²) < 4.78 is 0. The van der Waals surface area contributed by atoms with E-state index in [1.165, 1.54) is 23.5 Å². The second-order valence-electron chi connectivity index (χ2n) is 5.30. The quantitative estimate of drug-likeness (QED) is 0.845. The first-order chi connectivity index (χ1) is 11.4. The summed E-state index contributed by atoms with van der Waals surface area (Å²) in [7, 11) is 0. The van der Waals surface area contributed by atoms with E-state index < -0.39 is 0 Å². The molecule has 0 aliphatic carbocycles. The number of benzene rings is 2. The molecule has 2 aromatic rings. The van der Waals surface area contributed by atoms with E-state index in [9.17, 15) is 9.59 Å². The second-order valence-corrected chi connectivity index (χ2v) is 6.14. The van der Waals surface area contributed by atoms with Gasteiger partial charge in [0.2, 0.25) is 11.8 Å². The molecule has 1 N–H and O–H groups in total. The zero-order chi connectivity index (χ0) is 17.7. The van der Waals surface area contributed by atoms with Crippen molar-refractivity contribution in [3.05, 3.63) is 58.1 Å². The third kappa shape index (κ3) is 4.73. The zero-order valence-electron chi connectivity index (χ0n) is 13.5. The Kier molecular flexibility index (Phi) is 6.23. The Bertz CT molecular complexity index is 745. The van der Waals surface area contributed by atoms with Crippen molar-refractivity contribution < 1.29 is 9.59 Å².